The topological polar surface area (TPSA) is 58.6 Å². The Labute approximate surface area is 114 Å². The van der Waals surface area contributed by atoms with E-state index in [4.69, 9.17) is 4.74 Å². The lowest BCUT2D eigenvalue weighted by molar-refractivity contribution is -0.149. The van der Waals surface area contributed by atoms with Crippen LogP contribution in [0.4, 0.5) is 0 Å². The lowest BCUT2D eigenvalue weighted by atomic mass is 10.1. The van der Waals surface area contributed by atoms with Gasteiger partial charge in [-0.15, -0.1) is 0 Å². The van der Waals surface area contributed by atoms with Crippen molar-refractivity contribution in [2.45, 2.75) is 33.0 Å². The van der Waals surface area contributed by atoms with Crippen LogP contribution >= 0.6 is 0 Å². The first-order valence-corrected chi connectivity index (χ1v) is 6.52. The molecule has 0 aliphatic carbocycles. The summed E-state index contributed by atoms with van der Waals surface area (Å²) in [7, 11) is 0. The number of esters is 1. The van der Waals surface area contributed by atoms with Crippen LogP contribution in [0.1, 0.15) is 26.3 Å². The van der Waals surface area contributed by atoms with E-state index in [-0.39, 0.29) is 11.9 Å². The van der Waals surface area contributed by atoms with Gasteiger partial charge in [-0.1, -0.05) is 37.3 Å². The third-order valence-electron chi connectivity index (χ3n) is 2.63. The number of hydrogen-bond donors (Lipinski definition) is 2. The van der Waals surface area contributed by atoms with Gasteiger partial charge < -0.3 is 15.2 Å². The van der Waals surface area contributed by atoms with E-state index in [2.05, 4.69) is 5.32 Å². The Balaban J connectivity index is 2.25. The van der Waals surface area contributed by atoms with Gasteiger partial charge in [-0.2, -0.15) is 0 Å². The van der Waals surface area contributed by atoms with Crippen LogP contribution in [0.25, 0.3) is 0 Å². The second kappa shape index (κ2) is 7.26. The molecule has 0 radical (unpaired) electrons. The quantitative estimate of drug-likeness (QED) is 0.737. The van der Waals surface area contributed by atoms with Gasteiger partial charge in [0.2, 0.25) is 0 Å². The Morgan fingerprint density at radius 3 is 2.58 bits per heavy atom. The predicted octanol–water partition coefficient (Wildman–Crippen LogP) is 1.73. The van der Waals surface area contributed by atoms with Crippen LogP contribution in [-0.4, -0.2) is 29.8 Å². The van der Waals surface area contributed by atoms with Crippen LogP contribution in [0, 0.1) is 5.92 Å². The molecule has 0 aliphatic heterocycles. The highest BCUT2D eigenvalue weighted by Crippen LogP contribution is 2.05. The smallest absolute Gasteiger partial charge is 0.310 e. The normalized spacial score (nSPS) is 13.1. The summed E-state index contributed by atoms with van der Waals surface area (Å²) in [5.41, 5.74) is 0.209. The van der Waals surface area contributed by atoms with E-state index in [1.54, 1.807) is 13.8 Å². The summed E-state index contributed by atoms with van der Waals surface area (Å²) in [6.07, 6.45) is 0. The molecule has 0 amide bonds. The number of ether oxygens (including phenoxy) is 1. The second-order valence-corrected chi connectivity index (χ2v) is 5.44. The van der Waals surface area contributed by atoms with Gasteiger partial charge in [0.15, 0.2) is 0 Å². The van der Waals surface area contributed by atoms with Gasteiger partial charge in [0.25, 0.3) is 0 Å². The van der Waals surface area contributed by atoms with Crippen molar-refractivity contribution in [2.75, 3.05) is 13.1 Å². The van der Waals surface area contributed by atoms with Crippen molar-refractivity contribution >= 4 is 5.97 Å². The maximum atomic E-state index is 11.7. The minimum atomic E-state index is -0.770. The summed E-state index contributed by atoms with van der Waals surface area (Å²) in [6.45, 7) is 6.50. The van der Waals surface area contributed by atoms with E-state index >= 15 is 0 Å². The third-order valence-corrected chi connectivity index (χ3v) is 2.63. The molecular formula is C15H23NO3. The van der Waals surface area contributed by atoms with E-state index in [1.807, 2.05) is 37.3 Å². The highest BCUT2D eigenvalue weighted by atomic mass is 16.5. The second-order valence-electron chi connectivity index (χ2n) is 5.44. The molecule has 106 valence electrons. The van der Waals surface area contributed by atoms with Crippen LogP contribution in [0.2, 0.25) is 0 Å². The van der Waals surface area contributed by atoms with E-state index in [0.29, 0.717) is 19.7 Å². The first-order valence-electron chi connectivity index (χ1n) is 6.52. The molecule has 4 nitrogen and oxygen atoms in total. The van der Waals surface area contributed by atoms with Gasteiger partial charge >= 0.3 is 5.97 Å². The van der Waals surface area contributed by atoms with Crippen LogP contribution in [-0.2, 0) is 16.1 Å². The van der Waals surface area contributed by atoms with Gasteiger partial charge in [-0.25, -0.2) is 0 Å². The Kier molecular flexibility index (Phi) is 5.99. The molecule has 0 aliphatic rings. The molecular weight excluding hydrogens is 242 g/mol. The fourth-order valence-corrected chi connectivity index (χ4v) is 1.55. The van der Waals surface area contributed by atoms with Crippen molar-refractivity contribution in [1.29, 1.82) is 0 Å². The molecule has 4 heteroatoms. The summed E-state index contributed by atoms with van der Waals surface area (Å²) in [5.74, 6) is -0.460. The fraction of sp³-hybridized carbons (Fsp3) is 0.533. The summed E-state index contributed by atoms with van der Waals surface area (Å²) < 4.78 is 5.23. The van der Waals surface area contributed by atoms with Crippen LogP contribution in [0.5, 0.6) is 0 Å². The Hall–Kier alpha value is -1.39. The van der Waals surface area contributed by atoms with E-state index < -0.39 is 5.60 Å². The zero-order chi connectivity index (χ0) is 14.3. The lowest BCUT2D eigenvalue weighted by Gasteiger charge is -2.19. The molecule has 1 rings (SSSR count). The number of carbonyl (C=O) groups is 1. The molecule has 2 N–H and O–H groups in total. The van der Waals surface area contributed by atoms with Gasteiger partial charge in [0, 0.05) is 13.1 Å². The van der Waals surface area contributed by atoms with Crippen LogP contribution < -0.4 is 5.32 Å². The SMILES string of the molecule is CC(CNCC(C)(C)O)C(=O)OCc1ccccc1. The van der Waals surface area contributed by atoms with Crippen LogP contribution in [0.15, 0.2) is 30.3 Å². The van der Waals surface area contributed by atoms with Gasteiger partial charge in [0.1, 0.15) is 6.61 Å². The number of rotatable bonds is 7. The third kappa shape index (κ3) is 6.94. The van der Waals surface area contributed by atoms with Crippen molar-refractivity contribution in [1.82, 2.24) is 5.32 Å². The molecule has 0 saturated heterocycles. The molecule has 0 heterocycles. The summed E-state index contributed by atoms with van der Waals surface area (Å²) in [4.78, 5) is 11.7. The number of carbonyl (C=O) groups excluding carboxylic acids is 1. The number of aliphatic hydroxyl groups is 1. The molecule has 0 aromatic heterocycles. The molecule has 0 bridgehead atoms. The molecule has 1 aromatic rings. The molecule has 0 fully saturated rings. The van der Waals surface area contributed by atoms with E-state index in [9.17, 15) is 9.90 Å². The average Bonchev–Trinajstić information content (AvgIpc) is 2.35. The Morgan fingerprint density at radius 2 is 2.00 bits per heavy atom. The molecule has 1 atom stereocenters. The van der Waals surface area contributed by atoms with Gasteiger partial charge in [0.05, 0.1) is 11.5 Å². The Morgan fingerprint density at radius 1 is 1.37 bits per heavy atom. The summed E-state index contributed by atoms with van der Waals surface area (Å²) >= 11 is 0. The van der Waals surface area contributed by atoms with Crippen molar-refractivity contribution in [3.63, 3.8) is 0 Å². The summed E-state index contributed by atoms with van der Waals surface area (Å²) in [5, 5.41) is 12.6. The first kappa shape index (κ1) is 15.7. The predicted molar refractivity (Wildman–Crippen MR) is 74.6 cm³/mol. The largest absolute Gasteiger partial charge is 0.461 e. The molecule has 0 saturated carbocycles. The van der Waals surface area contributed by atoms with Crippen molar-refractivity contribution < 1.29 is 14.6 Å². The zero-order valence-corrected chi connectivity index (χ0v) is 11.8. The monoisotopic (exact) mass is 265 g/mol. The number of benzene rings is 1. The standard InChI is InChI=1S/C15H23NO3/c1-12(9-16-11-15(2,3)18)14(17)19-10-13-7-5-4-6-8-13/h4-8,12,16,18H,9-11H2,1-3H3. The van der Waals surface area contributed by atoms with Crippen LogP contribution in [0.3, 0.4) is 0 Å². The average molecular weight is 265 g/mol. The molecule has 1 unspecified atom stereocenters. The van der Waals surface area contributed by atoms with Crippen molar-refractivity contribution in [2.24, 2.45) is 5.92 Å². The number of hydrogen-bond acceptors (Lipinski definition) is 4. The number of nitrogens with one attached hydrogen (secondary N) is 1. The summed E-state index contributed by atoms with van der Waals surface area (Å²) in [6, 6.07) is 9.60. The minimum absolute atomic E-state index is 0.230. The maximum Gasteiger partial charge on any atom is 0.310 e. The highest BCUT2D eigenvalue weighted by molar-refractivity contribution is 5.72. The molecule has 19 heavy (non-hydrogen) atoms. The minimum Gasteiger partial charge on any atom is -0.461 e. The van der Waals surface area contributed by atoms with E-state index in [1.165, 1.54) is 0 Å². The first-order chi connectivity index (χ1) is 8.88. The van der Waals surface area contributed by atoms with Crippen molar-refractivity contribution in [3.8, 4) is 0 Å². The maximum absolute atomic E-state index is 11.7. The zero-order valence-electron chi connectivity index (χ0n) is 11.8. The highest BCUT2D eigenvalue weighted by Gasteiger charge is 2.17. The molecule has 1 aromatic carbocycles. The van der Waals surface area contributed by atoms with Gasteiger partial charge in [-0.3, -0.25) is 4.79 Å². The lowest BCUT2D eigenvalue weighted by Crippen LogP contribution is -2.38. The van der Waals surface area contributed by atoms with Gasteiger partial charge in [-0.05, 0) is 19.4 Å². The van der Waals surface area contributed by atoms with Crippen molar-refractivity contribution in [3.05, 3.63) is 35.9 Å². The fourth-order valence-electron chi connectivity index (χ4n) is 1.55. The Bertz CT molecular complexity index is 384. The van der Waals surface area contributed by atoms with E-state index in [0.717, 1.165) is 5.56 Å². The molecule has 0 spiro atoms.